The molecule has 1 unspecified atom stereocenters. The van der Waals surface area contributed by atoms with E-state index in [4.69, 9.17) is 5.73 Å². The van der Waals surface area contributed by atoms with Crippen LogP contribution < -0.4 is 5.73 Å². The molecule has 2 rings (SSSR count). The molecule has 0 fully saturated rings. The molecule has 0 spiro atoms. The minimum Gasteiger partial charge on any atom is -0.324 e. The zero-order chi connectivity index (χ0) is 15.6. The Morgan fingerprint density at radius 1 is 1.10 bits per heavy atom. The first kappa shape index (κ1) is 16.0. The summed E-state index contributed by atoms with van der Waals surface area (Å²) >= 11 is 3.33. The molecule has 0 heterocycles. The Morgan fingerprint density at radius 2 is 1.81 bits per heavy atom. The summed E-state index contributed by atoms with van der Waals surface area (Å²) in [5, 5.41) is 0. The lowest BCUT2D eigenvalue weighted by Gasteiger charge is -2.15. The van der Waals surface area contributed by atoms with Gasteiger partial charge in [0.05, 0.1) is 5.56 Å². The van der Waals surface area contributed by atoms with Crippen LogP contribution >= 0.6 is 15.9 Å². The van der Waals surface area contributed by atoms with Crippen LogP contribution in [0.2, 0.25) is 0 Å². The lowest BCUT2D eigenvalue weighted by Crippen LogP contribution is -2.15. The Hall–Kier alpha value is -1.40. The van der Waals surface area contributed by atoms with E-state index in [0.717, 1.165) is 22.2 Å². The Labute approximate surface area is 127 Å². The van der Waals surface area contributed by atoms with Gasteiger partial charge in [0.15, 0.2) is 0 Å². The summed E-state index contributed by atoms with van der Waals surface area (Å²) in [5.74, 6) is -1.30. The maximum atomic E-state index is 13.5. The van der Waals surface area contributed by atoms with Gasteiger partial charge in [0, 0.05) is 10.5 Å². The fourth-order valence-electron chi connectivity index (χ4n) is 2.03. The highest BCUT2D eigenvalue weighted by atomic mass is 79.9. The molecule has 112 valence electrons. The molecule has 2 N–H and O–H groups in total. The van der Waals surface area contributed by atoms with Crippen LogP contribution in [0.4, 0.5) is 17.6 Å². The Kier molecular flexibility index (Phi) is 4.68. The first-order valence-electron chi connectivity index (χ1n) is 6.14. The second-order valence-electron chi connectivity index (χ2n) is 4.68. The second kappa shape index (κ2) is 6.15. The van der Waals surface area contributed by atoms with Crippen LogP contribution in [0.5, 0.6) is 0 Å². The number of hydrogen-bond donors (Lipinski definition) is 1. The highest BCUT2D eigenvalue weighted by molar-refractivity contribution is 9.10. The highest BCUT2D eigenvalue weighted by Gasteiger charge is 2.34. The van der Waals surface area contributed by atoms with Crippen LogP contribution in [0.3, 0.4) is 0 Å². The number of rotatable bonds is 3. The average Bonchev–Trinajstić information content (AvgIpc) is 2.37. The number of benzene rings is 2. The van der Waals surface area contributed by atoms with Crippen molar-refractivity contribution >= 4 is 15.9 Å². The van der Waals surface area contributed by atoms with Crippen molar-refractivity contribution in [2.75, 3.05) is 0 Å². The van der Waals surface area contributed by atoms with E-state index in [2.05, 4.69) is 15.9 Å². The molecule has 0 bridgehead atoms. The predicted octanol–water partition coefficient (Wildman–Crippen LogP) is 4.85. The third-order valence-corrected chi connectivity index (χ3v) is 3.56. The molecule has 1 nitrogen and oxygen atoms in total. The van der Waals surface area contributed by atoms with E-state index in [1.54, 1.807) is 0 Å². The molecule has 6 heteroatoms. The Morgan fingerprint density at radius 3 is 2.38 bits per heavy atom. The van der Waals surface area contributed by atoms with Gasteiger partial charge in [-0.3, -0.25) is 0 Å². The maximum Gasteiger partial charge on any atom is 0.419 e. The first-order valence-corrected chi connectivity index (χ1v) is 6.93. The van der Waals surface area contributed by atoms with Crippen molar-refractivity contribution in [3.63, 3.8) is 0 Å². The van der Waals surface area contributed by atoms with Crippen LogP contribution in [-0.2, 0) is 12.6 Å². The summed E-state index contributed by atoms with van der Waals surface area (Å²) in [4.78, 5) is 0. The molecule has 0 saturated heterocycles. The van der Waals surface area contributed by atoms with Gasteiger partial charge in [-0.2, -0.15) is 13.2 Å². The molecule has 2 aromatic carbocycles. The second-order valence-corrected chi connectivity index (χ2v) is 5.59. The number of halogens is 5. The lowest BCUT2D eigenvalue weighted by molar-refractivity contribution is -0.140. The van der Waals surface area contributed by atoms with Gasteiger partial charge in [0.2, 0.25) is 0 Å². The van der Waals surface area contributed by atoms with Gasteiger partial charge < -0.3 is 5.73 Å². The summed E-state index contributed by atoms with van der Waals surface area (Å²) in [5.41, 5.74) is 5.91. The third-order valence-electron chi connectivity index (χ3n) is 3.07. The molecular formula is C15H12BrF4N. The number of alkyl halides is 3. The minimum atomic E-state index is -4.70. The van der Waals surface area contributed by atoms with Gasteiger partial charge in [-0.1, -0.05) is 34.1 Å². The van der Waals surface area contributed by atoms with Crippen LogP contribution in [0.25, 0.3) is 0 Å². The van der Waals surface area contributed by atoms with E-state index in [1.807, 2.05) is 24.3 Å². The molecule has 0 amide bonds. The van der Waals surface area contributed by atoms with Crippen LogP contribution in [0, 0.1) is 5.82 Å². The molecule has 0 aliphatic carbocycles. The Balaban J connectivity index is 2.20. The van der Waals surface area contributed by atoms with E-state index < -0.39 is 23.6 Å². The predicted molar refractivity (Wildman–Crippen MR) is 76.2 cm³/mol. The largest absolute Gasteiger partial charge is 0.419 e. The fourth-order valence-corrected chi connectivity index (χ4v) is 2.47. The smallest absolute Gasteiger partial charge is 0.324 e. The minimum absolute atomic E-state index is 0.334. The van der Waals surface area contributed by atoms with Crippen molar-refractivity contribution in [1.29, 1.82) is 0 Å². The number of nitrogens with two attached hydrogens (primary N) is 1. The lowest BCUT2D eigenvalue weighted by atomic mass is 9.98. The summed E-state index contributed by atoms with van der Waals surface area (Å²) in [6.45, 7) is 0. The summed E-state index contributed by atoms with van der Waals surface area (Å²) in [7, 11) is 0. The van der Waals surface area contributed by atoms with E-state index in [1.165, 1.54) is 6.07 Å². The Bertz CT molecular complexity index is 640. The van der Waals surface area contributed by atoms with Gasteiger partial charge in [-0.05, 0) is 41.8 Å². The summed E-state index contributed by atoms with van der Waals surface area (Å²) in [6, 6.07) is 9.62. The average molecular weight is 362 g/mol. The van der Waals surface area contributed by atoms with Crippen molar-refractivity contribution in [2.45, 2.75) is 18.6 Å². The summed E-state index contributed by atoms with van der Waals surface area (Å²) in [6.07, 6.45) is -4.29. The number of hydrogen-bond acceptors (Lipinski definition) is 1. The van der Waals surface area contributed by atoms with Crippen LogP contribution in [0.15, 0.2) is 46.9 Å². The van der Waals surface area contributed by atoms with Crippen LogP contribution in [-0.4, -0.2) is 0 Å². The van der Waals surface area contributed by atoms with E-state index >= 15 is 0 Å². The van der Waals surface area contributed by atoms with Gasteiger partial charge in [-0.25, -0.2) is 4.39 Å². The zero-order valence-electron chi connectivity index (χ0n) is 10.8. The molecule has 0 aliphatic heterocycles. The van der Waals surface area contributed by atoms with Crippen molar-refractivity contribution < 1.29 is 17.6 Å². The third kappa shape index (κ3) is 4.04. The molecule has 0 aliphatic rings. The van der Waals surface area contributed by atoms with Crippen molar-refractivity contribution in [1.82, 2.24) is 0 Å². The van der Waals surface area contributed by atoms with Crippen LogP contribution in [0.1, 0.15) is 22.7 Å². The highest BCUT2D eigenvalue weighted by Crippen LogP contribution is 2.32. The maximum absolute atomic E-state index is 13.5. The zero-order valence-corrected chi connectivity index (χ0v) is 12.4. The molecular weight excluding hydrogens is 350 g/mol. The van der Waals surface area contributed by atoms with E-state index in [0.29, 0.717) is 12.0 Å². The molecule has 0 aromatic heterocycles. The van der Waals surface area contributed by atoms with Crippen molar-refractivity contribution in [2.24, 2.45) is 5.73 Å². The van der Waals surface area contributed by atoms with Gasteiger partial charge in [-0.15, -0.1) is 0 Å². The molecule has 1 atom stereocenters. The fraction of sp³-hybridized carbons (Fsp3) is 0.200. The van der Waals surface area contributed by atoms with E-state index in [9.17, 15) is 17.6 Å². The molecule has 21 heavy (non-hydrogen) atoms. The van der Waals surface area contributed by atoms with Crippen molar-refractivity contribution in [3.8, 4) is 0 Å². The van der Waals surface area contributed by atoms with E-state index in [-0.39, 0.29) is 0 Å². The standard InChI is InChI=1S/C15H12BrF4N/c16-11-3-1-2-9(6-11)7-14(21)10-4-5-12(13(17)8-10)15(18,19)20/h1-6,8,14H,7,21H2. The van der Waals surface area contributed by atoms with Crippen molar-refractivity contribution in [3.05, 3.63) is 69.4 Å². The van der Waals surface area contributed by atoms with Gasteiger partial charge in [0.25, 0.3) is 0 Å². The quantitative estimate of drug-likeness (QED) is 0.777. The van der Waals surface area contributed by atoms with Gasteiger partial charge >= 0.3 is 6.18 Å². The first-order chi connectivity index (χ1) is 9.77. The van der Waals surface area contributed by atoms with Gasteiger partial charge in [0.1, 0.15) is 5.82 Å². The normalized spacial score (nSPS) is 13.2. The molecule has 0 saturated carbocycles. The SMILES string of the molecule is NC(Cc1cccc(Br)c1)c1ccc(C(F)(F)F)c(F)c1. The monoisotopic (exact) mass is 361 g/mol. The molecule has 0 radical (unpaired) electrons. The summed E-state index contributed by atoms with van der Waals surface area (Å²) < 4.78 is 51.9. The molecule has 2 aromatic rings. The topological polar surface area (TPSA) is 26.0 Å².